The third-order valence-electron chi connectivity index (χ3n) is 3.90. The van der Waals surface area contributed by atoms with Crippen molar-refractivity contribution in [1.82, 2.24) is 10.6 Å². The standard InChI is InChI=1S/2C8HBr4NO2.C2H4/c2*9-3-1-2(8(15)13-7(1)14)4(10)6(12)5(3)11;1-2/h2*(H,13,14,15);1-2H2. The van der Waals surface area contributed by atoms with E-state index >= 15 is 0 Å². The topological polar surface area (TPSA) is 92.3 Å². The Hall–Kier alpha value is 0.300. The van der Waals surface area contributed by atoms with E-state index in [2.05, 4.69) is 151 Å². The van der Waals surface area contributed by atoms with Crippen LogP contribution in [0.1, 0.15) is 41.4 Å². The molecule has 2 N–H and O–H groups in total. The molecule has 6 nitrogen and oxygen atoms in total. The van der Waals surface area contributed by atoms with Crippen LogP contribution in [0.5, 0.6) is 0 Å². The van der Waals surface area contributed by atoms with Crippen molar-refractivity contribution < 1.29 is 19.2 Å². The van der Waals surface area contributed by atoms with Crippen LogP contribution in [0.2, 0.25) is 0 Å². The van der Waals surface area contributed by atoms with Crippen LogP contribution in [0.3, 0.4) is 0 Å². The van der Waals surface area contributed by atoms with Gasteiger partial charge in [-0.1, -0.05) is 0 Å². The van der Waals surface area contributed by atoms with Crippen LogP contribution < -0.4 is 10.6 Å². The Morgan fingerprint density at radius 3 is 0.688 bits per heavy atom. The number of imide groups is 2. The van der Waals surface area contributed by atoms with Gasteiger partial charge in [0.25, 0.3) is 23.6 Å². The Bertz CT molecular complexity index is 1050. The van der Waals surface area contributed by atoms with Crippen molar-refractivity contribution in [1.29, 1.82) is 0 Å². The smallest absolute Gasteiger partial charge is 0.260 e. The SMILES string of the molecule is C=C.O=C1NC(=O)c2c(Br)c(Br)c(Br)c(Br)c21.O=C1NC(=O)c2c(Br)c(Br)c(Br)c(Br)c21. The molecule has 2 aromatic carbocycles. The molecule has 168 valence electrons. The number of halogens is 8. The van der Waals surface area contributed by atoms with Gasteiger partial charge in [0.05, 0.1) is 22.3 Å². The minimum absolute atomic E-state index is 0.349. The molecule has 2 heterocycles. The summed E-state index contributed by atoms with van der Waals surface area (Å²) in [6.45, 7) is 6.00. The first-order valence-corrected chi connectivity index (χ1v) is 14.2. The van der Waals surface area contributed by atoms with E-state index in [4.69, 9.17) is 0 Å². The van der Waals surface area contributed by atoms with Gasteiger partial charge < -0.3 is 0 Å². The zero-order valence-electron chi connectivity index (χ0n) is 15.1. The maximum atomic E-state index is 11.5. The molecule has 4 rings (SSSR count). The molecule has 0 aromatic heterocycles. The van der Waals surface area contributed by atoms with Crippen LogP contribution in [0.15, 0.2) is 48.9 Å². The van der Waals surface area contributed by atoms with Crippen molar-refractivity contribution in [3.8, 4) is 0 Å². The van der Waals surface area contributed by atoms with Crippen LogP contribution in [-0.2, 0) is 0 Å². The lowest BCUT2D eigenvalue weighted by Gasteiger charge is -2.07. The van der Waals surface area contributed by atoms with Crippen molar-refractivity contribution in [3.63, 3.8) is 0 Å². The van der Waals surface area contributed by atoms with E-state index in [0.717, 1.165) is 0 Å². The summed E-state index contributed by atoms with van der Waals surface area (Å²) >= 11 is 26.4. The van der Waals surface area contributed by atoms with Crippen molar-refractivity contribution in [2.24, 2.45) is 0 Å². The van der Waals surface area contributed by atoms with E-state index in [0.29, 0.717) is 58.0 Å². The average Bonchev–Trinajstić information content (AvgIpc) is 3.23. The molecule has 2 aliphatic heterocycles. The molecule has 14 heteroatoms. The number of amides is 4. The maximum absolute atomic E-state index is 11.5. The monoisotopic (exact) mass is 945 g/mol. The molecule has 4 amide bonds. The van der Waals surface area contributed by atoms with E-state index in [1.165, 1.54) is 0 Å². The maximum Gasteiger partial charge on any atom is 0.260 e. The van der Waals surface area contributed by atoms with E-state index in [9.17, 15) is 19.2 Å². The van der Waals surface area contributed by atoms with Crippen LogP contribution in [0.25, 0.3) is 0 Å². The number of benzene rings is 2. The highest BCUT2D eigenvalue weighted by Crippen LogP contribution is 2.44. The zero-order chi connectivity index (χ0) is 24.7. The molecular weight excluding hydrogens is 947 g/mol. The Morgan fingerprint density at radius 2 is 0.531 bits per heavy atom. The lowest BCUT2D eigenvalue weighted by molar-refractivity contribution is 0.0862. The van der Waals surface area contributed by atoms with E-state index in [-0.39, 0.29) is 0 Å². The number of nitrogens with one attached hydrogen (secondary N) is 2. The van der Waals surface area contributed by atoms with Gasteiger partial charge in [-0.3, -0.25) is 29.8 Å². The van der Waals surface area contributed by atoms with Crippen molar-refractivity contribution in [3.05, 3.63) is 71.2 Å². The highest BCUT2D eigenvalue weighted by molar-refractivity contribution is 9.15. The molecule has 0 saturated heterocycles. The molecule has 0 atom stereocenters. The Kier molecular flexibility index (Phi) is 10.1. The largest absolute Gasteiger partial charge is 0.288 e. The first-order valence-electron chi connectivity index (χ1n) is 7.83. The Labute approximate surface area is 249 Å². The third kappa shape index (κ3) is 4.98. The third-order valence-corrected chi connectivity index (χ3v) is 13.4. The summed E-state index contributed by atoms with van der Waals surface area (Å²) < 4.78 is 5.03. The lowest BCUT2D eigenvalue weighted by atomic mass is 10.1. The second-order valence-electron chi connectivity index (χ2n) is 5.58. The van der Waals surface area contributed by atoms with E-state index in [1.807, 2.05) is 0 Å². The molecule has 0 fully saturated rings. The lowest BCUT2D eigenvalue weighted by Crippen LogP contribution is -2.20. The number of fused-ring (bicyclic) bond motifs is 2. The summed E-state index contributed by atoms with van der Waals surface area (Å²) in [4.78, 5) is 46.0. The molecule has 0 radical (unpaired) electrons. The second-order valence-corrected chi connectivity index (χ2v) is 11.9. The molecule has 0 aliphatic carbocycles. The number of carbonyl (C=O) groups excluding carboxylic acids is 4. The highest BCUT2D eigenvalue weighted by atomic mass is 79.9. The minimum atomic E-state index is -0.393. The summed E-state index contributed by atoms with van der Waals surface area (Å²) in [5, 5.41) is 4.48. The van der Waals surface area contributed by atoms with Gasteiger partial charge in [-0.2, -0.15) is 0 Å². The summed E-state index contributed by atoms with van der Waals surface area (Å²) in [6, 6.07) is 0. The van der Waals surface area contributed by atoms with Crippen LogP contribution in [0.4, 0.5) is 0 Å². The molecule has 32 heavy (non-hydrogen) atoms. The normalized spacial score (nSPS) is 13.4. The van der Waals surface area contributed by atoms with E-state index < -0.39 is 23.6 Å². The summed E-state index contributed by atoms with van der Waals surface area (Å²) in [6.07, 6.45) is 0. The van der Waals surface area contributed by atoms with Gasteiger partial charge in [0, 0.05) is 35.8 Å². The van der Waals surface area contributed by atoms with Gasteiger partial charge in [-0.25, -0.2) is 0 Å². The number of hydrogen-bond donors (Lipinski definition) is 2. The molecule has 2 aromatic rings. The minimum Gasteiger partial charge on any atom is -0.288 e. The van der Waals surface area contributed by atoms with Crippen LogP contribution in [0, 0.1) is 0 Å². The average molecular weight is 953 g/mol. The number of carbonyl (C=O) groups is 4. The summed E-state index contributed by atoms with van der Waals surface area (Å²) in [5.41, 5.74) is 1.40. The molecule has 2 aliphatic rings. The summed E-state index contributed by atoms with van der Waals surface area (Å²) in [7, 11) is 0. The molecule has 0 spiro atoms. The van der Waals surface area contributed by atoms with Crippen molar-refractivity contribution in [2.45, 2.75) is 0 Å². The van der Waals surface area contributed by atoms with Crippen molar-refractivity contribution in [2.75, 3.05) is 0 Å². The van der Waals surface area contributed by atoms with Gasteiger partial charge in [0.15, 0.2) is 0 Å². The molecular formula is C18H6Br8N2O4. The fourth-order valence-electron chi connectivity index (χ4n) is 2.57. The first-order chi connectivity index (χ1) is 14.9. The summed E-state index contributed by atoms with van der Waals surface area (Å²) in [5.74, 6) is -1.57. The fraction of sp³-hybridized carbons (Fsp3) is 0. The molecule has 0 unspecified atom stereocenters. The fourth-order valence-corrected chi connectivity index (χ4v) is 7.53. The van der Waals surface area contributed by atoms with Crippen LogP contribution in [-0.4, -0.2) is 23.6 Å². The Balaban J connectivity index is 0.000000211. The van der Waals surface area contributed by atoms with Crippen LogP contribution >= 0.6 is 127 Å². The van der Waals surface area contributed by atoms with Gasteiger partial charge in [0.1, 0.15) is 0 Å². The van der Waals surface area contributed by atoms with Crippen molar-refractivity contribution >= 4 is 151 Å². The first kappa shape index (κ1) is 28.5. The van der Waals surface area contributed by atoms with Gasteiger partial charge in [0.2, 0.25) is 0 Å². The predicted molar refractivity (Wildman–Crippen MR) is 149 cm³/mol. The van der Waals surface area contributed by atoms with Gasteiger partial charge >= 0.3 is 0 Å². The van der Waals surface area contributed by atoms with Gasteiger partial charge in [-0.15, -0.1) is 13.2 Å². The molecule has 0 saturated carbocycles. The zero-order valence-corrected chi connectivity index (χ0v) is 27.8. The second kappa shape index (κ2) is 11.4. The highest BCUT2D eigenvalue weighted by Gasteiger charge is 2.35. The van der Waals surface area contributed by atoms with E-state index in [1.54, 1.807) is 0 Å². The quantitative estimate of drug-likeness (QED) is 0.121. The molecule has 0 bridgehead atoms. The predicted octanol–water partition coefficient (Wildman–Crippen LogP) is 8.04. The number of hydrogen-bond acceptors (Lipinski definition) is 4. The Morgan fingerprint density at radius 1 is 0.375 bits per heavy atom. The van der Waals surface area contributed by atoms with Gasteiger partial charge in [-0.05, 0) is 127 Å². The number of rotatable bonds is 0.